The van der Waals surface area contributed by atoms with Crippen molar-refractivity contribution in [2.24, 2.45) is 0 Å². The van der Waals surface area contributed by atoms with Crippen LogP contribution in [0.5, 0.6) is 0 Å². The lowest BCUT2D eigenvalue weighted by molar-refractivity contribution is 0.0761. The fraction of sp³-hybridized carbons (Fsp3) is 0.357. The predicted molar refractivity (Wildman–Crippen MR) is 82.0 cm³/mol. The van der Waals surface area contributed by atoms with Gasteiger partial charge in [-0.3, -0.25) is 9.78 Å². The van der Waals surface area contributed by atoms with Crippen molar-refractivity contribution in [3.8, 4) is 0 Å². The number of halogens is 1. The van der Waals surface area contributed by atoms with Gasteiger partial charge in [-0.1, -0.05) is 0 Å². The van der Waals surface area contributed by atoms with Crippen LogP contribution in [-0.2, 0) is 0 Å². The molecule has 0 unspecified atom stereocenters. The number of amides is 1. The highest BCUT2D eigenvalue weighted by Crippen LogP contribution is 2.20. The molecule has 1 saturated heterocycles. The van der Waals surface area contributed by atoms with E-state index in [0.29, 0.717) is 24.2 Å². The van der Waals surface area contributed by atoms with Crippen molar-refractivity contribution in [1.82, 2.24) is 20.6 Å². The standard InChI is InChI=1S/C14H15BrN4O2/c15-9-6-17-5-8-1-2-11(18-13(8)9)14(21)19-10-3-4-16-7-12(10)20/h1-2,5-6,10,12,16,20H,3-4,7H2,(H,19,21)/t10-,12-/m0/s1. The summed E-state index contributed by atoms with van der Waals surface area (Å²) in [5.41, 5.74) is 1.03. The molecule has 0 saturated carbocycles. The summed E-state index contributed by atoms with van der Waals surface area (Å²) in [4.78, 5) is 20.7. The van der Waals surface area contributed by atoms with Gasteiger partial charge in [-0.15, -0.1) is 0 Å². The van der Waals surface area contributed by atoms with E-state index in [9.17, 15) is 9.90 Å². The molecule has 0 radical (unpaired) electrons. The molecular weight excluding hydrogens is 336 g/mol. The van der Waals surface area contributed by atoms with Crippen LogP contribution in [0.15, 0.2) is 29.0 Å². The second-order valence-electron chi connectivity index (χ2n) is 5.03. The molecule has 2 aromatic heterocycles. The molecule has 21 heavy (non-hydrogen) atoms. The molecule has 0 aromatic carbocycles. The Bertz CT molecular complexity index is 679. The van der Waals surface area contributed by atoms with Crippen LogP contribution in [0.4, 0.5) is 0 Å². The first-order valence-electron chi connectivity index (χ1n) is 6.75. The van der Waals surface area contributed by atoms with Gasteiger partial charge in [0.25, 0.3) is 5.91 Å². The molecule has 3 rings (SSSR count). The number of aromatic nitrogens is 2. The maximum atomic E-state index is 12.3. The Labute approximate surface area is 130 Å². The van der Waals surface area contributed by atoms with Gasteiger partial charge in [0.2, 0.25) is 0 Å². The predicted octanol–water partition coefficient (Wildman–Crippen LogP) is 0.845. The molecule has 110 valence electrons. The molecule has 2 aromatic rings. The van der Waals surface area contributed by atoms with Gasteiger partial charge in [-0.25, -0.2) is 4.98 Å². The number of nitrogens with one attached hydrogen (secondary N) is 2. The van der Waals surface area contributed by atoms with E-state index in [1.54, 1.807) is 18.5 Å². The minimum absolute atomic E-state index is 0.239. The number of aliphatic hydroxyl groups is 1. The van der Waals surface area contributed by atoms with Crippen LogP contribution in [0.1, 0.15) is 16.9 Å². The first kappa shape index (κ1) is 14.4. The third-order valence-corrected chi connectivity index (χ3v) is 4.13. The average molecular weight is 351 g/mol. The van der Waals surface area contributed by atoms with Crippen LogP contribution in [0.2, 0.25) is 0 Å². The van der Waals surface area contributed by atoms with E-state index in [2.05, 4.69) is 36.5 Å². The molecule has 0 spiro atoms. The average Bonchev–Trinajstić information content (AvgIpc) is 2.50. The van der Waals surface area contributed by atoms with Crippen molar-refractivity contribution in [2.75, 3.05) is 13.1 Å². The summed E-state index contributed by atoms with van der Waals surface area (Å²) in [6.45, 7) is 1.28. The highest BCUT2D eigenvalue weighted by molar-refractivity contribution is 9.10. The number of pyridine rings is 2. The number of carbonyl (C=O) groups excluding carboxylic acids is 1. The van der Waals surface area contributed by atoms with Gasteiger partial charge in [0.05, 0.1) is 22.1 Å². The van der Waals surface area contributed by atoms with Crippen molar-refractivity contribution in [2.45, 2.75) is 18.6 Å². The van der Waals surface area contributed by atoms with Crippen LogP contribution in [0.25, 0.3) is 10.9 Å². The summed E-state index contributed by atoms with van der Waals surface area (Å²) < 4.78 is 0.747. The number of piperidine rings is 1. The molecule has 0 bridgehead atoms. The molecule has 1 aliphatic heterocycles. The van der Waals surface area contributed by atoms with E-state index in [0.717, 1.165) is 16.4 Å². The van der Waals surface area contributed by atoms with Gasteiger partial charge in [0, 0.05) is 24.3 Å². The summed E-state index contributed by atoms with van der Waals surface area (Å²) in [6, 6.07) is 3.24. The van der Waals surface area contributed by atoms with Crippen LogP contribution in [0.3, 0.4) is 0 Å². The zero-order valence-corrected chi connectivity index (χ0v) is 12.8. The Morgan fingerprint density at radius 2 is 2.29 bits per heavy atom. The molecule has 1 amide bonds. The summed E-state index contributed by atoms with van der Waals surface area (Å²) in [7, 11) is 0. The van der Waals surface area contributed by atoms with Gasteiger partial charge in [-0.05, 0) is 41.0 Å². The normalized spacial score (nSPS) is 22.2. The summed E-state index contributed by atoms with van der Waals surface area (Å²) in [6.07, 6.45) is 3.48. The largest absolute Gasteiger partial charge is 0.390 e. The van der Waals surface area contributed by atoms with Crippen LogP contribution in [0, 0.1) is 0 Å². The maximum Gasteiger partial charge on any atom is 0.270 e. The smallest absolute Gasteiger partial charge is 0.270 e. The van der Waals surface area contributed by atoms with Crippen molar-refractivity contribution in [1.29, 1.82) is 0 Å². The number of hydrogen-bond donors (Lipinski definition) is 3. The van der Waals surface area contributed by atoms with Crippen LogP contribution in [-0.4, -0.2) is 46.2 Å². The first-order chi connectivity index (χ1) is 10.1. The number of nitrogens with zero attached hydrogens (tertiary/aromatic N) is 2. The topological polar surface area (TPSA) is 87.1 Å². The van der Waals surface area contributed by atoms with Crippen molar-refractivity contribution in [3.63, 3.8) is 0 Å². The Balaban J connectivity index is 1.82. The molecule has 3 heterocycles. The molecule has 3 N–H and O–H groups in total. The number of hydrogen-bond acceptors (Lipinski definition) is 5. The minimum atomic E-state index is -0.570. The van der Waals surface area contributed by atoms with E-state index in [4.69, 9.17) is 0 Å². The number of aliphatic hydroxyl groups excluding tert-OH is 1. The number of carbonyl (C=O) groups is 1. The van der Waals surface area contributed by atoms with E-state index in [-0.39, 0.29) is 11.9 Å². The van der Waals surface area contributed by atoms with Gasteiger partial charge in [0.15, 0.2) is 0 Å². The van der Waals surface area contributed by atoms with Crippen molar-refractivity contribution >= 4 is 32.7 Å². The lowest BCUT2D eigenvalue weighted by atomic mass is 10.0. The number of rotatable bonds is 2. The van der Waals surface area contributed by atoms with Crippen molar-refractivity contribution < 1.29 is 9.90 Å². The van der Waals surface area contributed by atoms with E-state index >= 15 is 0 Å². The fourth-order valence-electron chi connectivity index (χ4n) is 2.39. The number of β-amino-alcohol motifs (C(OH)–C–C–N with tert-alkyl or cyclic N) is 1. The first-order valence-corrected chi connectivity index (χ1v) is 7.54. The molecule has 6 nitrogen and oxygen atoms in total. The summed E-state index contributed by atoms with van der Waals surface area (Å²) >= 11 is 3.38. The van der Waals surface area contributed by atoms with Crippen LogP contribution < -0.4 is 10.6 Å². The SMILES string of the molecule is O=C(N[C@H]1CCNC[C@@H]1O)c1ccc2cncc(Br)c2n1. The third kappa shape index (κ3) is 3.04. The summed E-state index contributed by atoms with van der Waals surface area (Å²) in [5, 5.41) is 16.7. The molecule has 0 aliphatic carbocycles. The van der Waals surface area contributed by atoms with Gasteiger partial charge in [-0.2, -0.15) is 0 Å². The van der Waals surface area contributed by atoms with Gasteiger partial charge < -0.3 is 15.7 Å². The maximum absolute atomic E-state index is 12.3. The van der Waals surface area contributed by atoms with Crippen molar-refractivity contribution in [3.05, 3.63) is 34.7 Å². The zero-order valence-electron chi connectivity index (χ0n) is 11.2. The lowest BCUT2D eigenvalue weighted by Crippen LogP contribution is -2.52. The van der Waals surface area contributed by atoms with E-state index < -0.39 is 6.10 Å². The summed E-state index contributed by atoms with van der Waals surface area (Å²) in [5.74, 6) is -0.272. The third-order valence-electron chi connectivity index (χ3n) is 3.55. The Kier molecular flexibility index (Phi) is 4.14. The monoisotopic (exact) mass is 350 g/mol. The van der Waals surface area contributed by atoms with Gasteiger partial charge in [0.1, 0.15) is 5.69 Å². The zero-order chi connectivity index (χ0) is 14.8. The quantitative estimate of drug-likeness (QED) is 0.747. The second-order valence-corrected chi connectivity index (χ2v) is 5.88. The fourth-order valence-corrected chi connectivity index (χ4v) is 2.82. The molecule has 7 heteroatoms. The Hall–Kier alpha value is -1.57. The van der Waals surface area contributed by atoms with Crippen LogP contribution >= 0.6 is 15.9 Å². The minimum Gasteiger partial charge on any atom is -0.390 e. The molecular formula is C14H15BrN4O2. The van der Waals surface area contributed by atoms with E-state index in [1.807, 2.05) is 6.07 Å². The molecule has 2 atom stereocenters. The Morgan fingerprint density at radius 1 is 1.43 bits per heavy atom. The second kappa shape index (κ2) is 6.05. The number of fused-ring (bicyclic) bond motifs is 1. The molecule has 1 aliphatic rings. The highest BCUT2D eigenvalue weighted by Gasteiger charge is 2.25. The highest BCUT2D eigenvalue weighted by atomic mass is 79.9. The van der Waals surface area contributed by atoms with Gasteiger partial charge >= 0.3 is 0 Å². The lowest BCUT2D eigenvalue weighted by Gasteiger charge is -2.28. The molecule has 1 fully saturated rings. The Morgan fingerprint density at radius 3 is 3.10 bits per heavy atom. The van der Waals surface area contributed by atoms with E-state index in [1.165, 1.54) is 0 Å².